The summed E-state index contributed by atoms with van der Waals surface area (Å²) in [5.41, 5.74) is 4.06. The Kier molecular flexibility index (Phi) is 7.60. The SMILES string of the molecule is COCc1nc(C(=O)OCCNc2c(C(C)C)cccc2C(C)C)cs1. The summed E-state index contributed by atoms with van der Waals surface area (Å²) in [7, 11) is 1.60. The minimum atomic E-state index is -0.397. The van der Waals surface area contributed by atoms with Crippen molar-refractivity contribution in [3.8, 4) is 0 Å². The Morgan fingerprint density at radius 2 is 1.85 bits per heavy atom. The second-order valence-electron chi connectivity index (χ2n) is 6.74. The molecule has 0 saturated heterocycles. The fraction of sp³-hybridized carbons (Fsp3) is 0.500. The smallest absolute Gasteiger partial charge is 0.357 e. The van der Waals surface area contributed by atoms with Gasteiger partial charge in [-0.1, -0.05) is 45.9 Å². The van der Waals surface area contributed by atoms with Crippen LogP contribution in [0.4, 0.5) is 5.69 Å². The van der Waals surface area contributed by atoms with Crippen molar-refractivity contribution in [1.82, 2.24) is 4.98 Å². The van der Waals surface area contributed by atoms with Crippen molar-refractivity contribution in [3.63, 3.8) is 0 Å². The van der Waals surface area contributed by atoms with Crippen LogP contribution in [0.5, 0.6) is 0 Å². The van der Waals surface area contributed by atoms with E-state index in [9.17, 15) is 4.79 Å². The van der Waals surface area contributed by atoms with E-state index in [1.807, 2.05) is 0 Å². The highest BCUT2D eigenvalue weighted by atomic mass is 32.1. The maximum atomic E-state index is 12.1. The molecule has 0 fully saturated rings. The van der Waals surface area contributed by atoms with Gasteiger partial charge in [0.2, 0.25) is 0 Å². The first-order chi connectivity index (χ1) is 12.4. The van der Waals surface area contributed by atoms with Gasteiger partial charge >= 0.3 is 5.97 Å². The second-order valence-corrected chi connectivity index (χ2v) is 7.69. The number of methoxy groups -OCH3 is 1. The number of thiazole rings is 1. The average Bonchev–Trinajstić information content (AvgIpc) is 3.07. The van der Waals surface area contributed by atoms with Gasteiger partial charge in [0.05, 0.1) is 6.61 Å². The van der Waals surface area contributed by atoms with Crippen LogP contribution in [0.3, 0.4) is 0 Å². The number of carbonyl (C=O) groups excluding carboxylic acids is 1. The van der Waals surface area contributed by atoms with Crippen LogP contribution in [-0.2, 0) is 16.1 Å². The molecule has 0 aliphatic rings. The zero-order chi connectivity index (χ0) is 19.1. The lowest BCUT2D eigenvalue weighted by Gasteiger charge is -2.20. The van der Waals surface area contributed by atoms with E-state index in [0.717, 1.165) is 10.7 Å². The molecule has 6 heteroatoms. The van der Waals surface area contributed by atoms with Gasteiger partial charge in [0.25, 0.3) is 0 Å². The van der Waals surface area contributed by atoms with Crippen LogP contribution in [0.1, 0.15) is 66.2 Å². The van der Waals surface area contributed by atoms with Crippen LogP contribution in [-0.4, -0.2) is 31.2 Å². The highest BCUT2D eigenvalue weighted by molar-refractivity contribution is 7.09. The molecule has 5 nitrogen and oxygen atoms in total. The molecule has 0 bridgehead atoms. The maximum absolute atomic E-state index is 12.1. The van der Waals surface area contributed by atoms with E-state index in [4.69, 9.17) is 9.47 Å². The summed E-state index contributed by atoms with van der Waals surface area (Å²) < 4.78 is 10.4. The van der Waals surface area contributed by atoms with Crippen LogP contribution in [0.15, 0.2) is 23.6 Å². The van der Waals surface area contributed by atoms with Gasteiger partial charge in [-0.2, -0.15) is 0 Å². The Morgan fingerprint density at radius 3 is 2.42 bits per heavy atom. The topological polar surface area (TPSA) is 60.5 Å². The number of carbonyl (C=O) groups is 1. The molecule has 2 rings (SSSR count). The fourth-order valence-electron chi connectivity index (χ4n) is 2.74. The summed E-state index contributed by atoms with van der Waals surface area (Å²) in [6, 6.07) is 6.41. The molecular formula is C20H28N2O3S. The van der Waals surface area contributed by atoms with Gasteiger partial charge in [0.1, 0.15) is 11.6 Å². The lowest BCUT2D eigenvalue weighted by Crippen LogP contribution is -2.16. The third kappa shape index (κ3) is 5.29. The summed E-state index contributed by atoms with van der Waals surface area (Å²) in [5.74, 6) is 0.451. The molecule has 0 aliphatic heterocycles. The number of nitrogens with zero attached hydrogens (tertiary/aromatic N) is 1. The molecule has 0 amide bonds. The molecule has 1 N–H and O–H groups in total. The number of anilines is 1. The Balaban J connectivity index is 1.94. The molecule has 1 aromatic heterocycles. The Bertz CT molecular complexity index is 699. The van der Waals surface area contributed by atoms with Gasteiger partial charge in [0.15, 0.2) is 5.69 Å². The zero-order valence-corrected chi connectivity index (χ0v) is 17.0. The lowest BCUT2D eigenvalue weighted by molar-refractivity contribution is 0.0514. The van der Waals surface area contributed by atoms with Gasteiger partial charge in [-0.05, 0) is 23.0 Å². The molecule has 0 aliphatic carbocycles. The standard InChI is InChI=1S/C20H28N2O3S/c1-13(2)15-7-6-8-16(14(3)4)19(15)21-9-10-25-20(23)17-12-26-18(22-17)11-24-5/h6-8,12-14,21H,9-11H2,1-5H3. The number of aromatic nitrogens is 1. The zero-order valence-electron chi connectivity index (χ0n) is 16.2. The highest BCUT2D eigenvalue weighted by Gasteiger charge is 2.15. The first kappa shape index (κ1) is 20.4. The van der Waals surface area contributed by atoms with E-state index in [0.29, 0.717) is 37.3 Å². The quantitative estimate of drug-likeness (QED) is 0.503. The van der Waals surface area contributed by atoms with Gasteiger partial charge < -0.3 is 14.8 Å². The van der Waals surface area contributed by atoms with Crippen LogP contribution >= 0.6 is 11.3 Å². The Morgan fingerprint density at radius 1 is 1.19 bits per heavy atom. The lowest BCUT2D eigenvalue weighted by atomic mass is 9.92. The number of hydrogen-bond donors (Lipinski definition) is 1. The number of rotatable bonds is 9. The van der Waals surface area contributed by atoms with Crippen molar-refractivity contribution in [1.29, 1.82) is 0 Å². The number of hydrogen-bond acceptors (Lipinski definition) is 6. The summed E-state index contributed by atoms with van der Waals surface area (Å²) in [6.07, 6.45) is 0. The van der Waals surface area contributed by atoms with Gasteiger partial charge in [-0.15, -0.1) is 11.3 Å². The Labute approximate surface area is 159 Å². The van der Waals surface area contributed by atoms with E-state index < -0.39 is 5.97 Å². The number of esters is 1. The number of ether oxygens (including phenoxy) is 2. The third-order valence-electron chi connectivity index (χ3n) is 4.04. The summed E-state index contributed by atoms with van der Waals surface area (Å²) in [6.45, 7) is 10.00. The minimum Gasteiger partial charge on any atom is -0.459 e. The molecule has 0 spiro atoms. The summed E-state index contributed by atoms with van der Waals surface area (Å²) in [5, 5.41) is 5.93. The van der Waals surface area contributed by atoms with Crippen molar-refractivity contribution in [2.24, 2.45) is 0 Å². The van der Waals surface area contributed by atoms with Crippen molar-refractivity contribution < 1.29 is 14.3 Å². The first-order valence-electron chi connectivity index (χ1n) is 8.91. The van der Waals surface area contributed by atoms with E-state index >= 15 is 0 Å². The van der Waals surface area contributed by atoms with Crippen LogP contribution in [0.2, 0.25) is 0 Å². The molecule has 0 unspecified atom stereocenters. The van der Waals surface area contributed by atoms with Crippen LogP contribution in [0, 0.1) is 0 Å². The van der Waals surface area contributed by atoms with E-state index in [2.05, 4.69) is 56.2 Å². The first-order valence-corrected chi connectivity index (χ1v) is 9.79. The molecule has 0 radical (unpaired) electrons. The van der Waals surface area contributed by atoms with Gasteiger partial charge in [-0.25, -0.2) is 9.78 Å². The summed E-state index contributed by atoms with van der Waals surface area (Å²) in [4.78, 5) is 16.3. The third-order valence-corrected chi connectivity index (χ3v) is 4.86. The molecule has 2 aromatic rings. The number of para-hydroxylation sites is 1. The molecule has 0 saturated carbocycles. The molecule has 142 valence electrons. The van der Waals surface area contributed by atoms with Gasteiger partial charge in [-0.3, -0.25) is 0 Å². The van der Waals surface area contributed by atoms with E-state index in [1.54, 1.807) is 12.5 Å². The van der Waals surface area contributed by atoms with Crippen molar-refractivity contribution in [3.05, 3.63) is 45.4 Å². The van der Waals surface area contributed by atoms with Gasteiger partial charge in [0, 0.05) is 24.7 Å². The van der Waals surface area contributed by atoms with Crippen LogP contribution < -0.4 is 5.32 Å². The minimum absolute atomic E-state index is 0.292. The summed E-state index contributed by atoms with van der Waals surface area (Å²) >= 11 is 1.40. The number of benzene rings is 1. The largest absolute Gasteiger partial charge is 0.459 e. The van der Waals surface area contributed by atoms with Crippen molar-refractivity contribution >= 4 is 23.0 Å². The normalized spacial score (nSPS) is 11.2. The van der Waals surface area contributed by atoms with Crippen LogP contribution in [0.25, 0.3) is 0 Å². The van der Waals surface area contributed by atoms with E-state index in [1.165, 1.54) is 22.5 Å². The monoisotopic (exact) mass is 376 g/mol. The molecule has 0 atom stereocenters. The van der Waals surface area contributed by atoms with E-state index in [-0.39, 0.29) is 0 Å². The predicted octanol–water partition coefficient (Wildman–Crippen LogP) is 4.81. The highest BCUT2D eigenvalue weighted by Crippen LogP contribution is 2.32. The second kappa shape index (κ2) is 9.69. The van der Waals surface area contributed by atoms with Crippen molar-refractivity contribution in [2.75, 3.05) is 25.6 Å². The average molecular weight is 377 g/mol. The molecule has 1 aromatic carbocycles. The maximum Gasteiger partial charge on any atom is 0.357 e. The Hall–Kier alpha value is -1.92. The number of nitrogens with one attached hydrogen (secondary N) is 1. The molecular weight excluding hydrogens is 348 g/mol. The molecule has 1 heterocycles. The predicted molar refractivity (Wildman–Crippen MR) is 106 cm³/mol. The van der Waals surface area contributed by atoms with Crippen molar-refractivity contribution in [2.45, 2.75) is 46.1 Å². The fourth-order valence-corrected chi connectivity index (χ4v) is 3.48. The molecule has 26 heavy (non-hydrogen) atoms.